The summed E-state index contributed by atoms with van der Waals surface area (Å²) in [6.45, 7) is 1.99. The summed E-state index contributed by atoms with van der Waals surface area (Å²) in [6.07, 6.45) is 6.19. The number of amides is 1. The Kier molecular flexibility index (Phi) is 4.17. The molecule has 0 spiro atoms. The van der Waals surface area contributed by atoms with Crippen LogP contribution in [0.25, 0.3) is 0 Å². The van der Waals surface area contributed by atoms with Gasteiger partial charge >= 0.3 is 0 Å². The molecule has 0 aliphatic heterocycles. The topological polar surface area (TPSA) is 84.1 Å². The minimum absolute atomic E-state index is 0.0912. The zero-order valence-electron chi connectivity index (χ0n) is 14.3. The van der Waals surface area contributed by atoms with Crippen LogP contribution in [0.15, 0.2) is 6.07 Å². The van der Waals surface area contributed by atoms with Crippen molar-refractivity contribution in [3.63, 3.8) is 0 Å². The van der Waals surface area contributed by atoms with Gasteiger partial charge in [-0.1, -0.05) is 0 Å². The lowest BCUT2D eigenvalue weighted by Gasteiger charge is -2.33. The number of carbonyl (C=O) groups excluding carboxylic acids is 1. The largest absolute Gasteiger partial charge is 0.369 e. The summed E-state index contributed by atoms with van der Waals surface area (Å²) in [5.41, 5.74) is 6.39. The number of hydrogen-bond donors (Lipinski definition) is 2. The van der Waals surface area contributed by atoms with Crippen molar-refractivity contribution in [3.8, 4) is 0 Å². The summed E-state index contributed by atoms with van der Waals surface area (Å²) >= 11 is 0. The average Bonchev–Trinajstić information content (AvgIpc) is 3.29. The third-order valence-corrected chi connectivity index (χ3v) is 5.42. The highest BCUT2D eigenvalue weighted by Gasteiger charge is 2.54. The molecule has 0 atom stereocenters. The number of rotatable bonds is 5. The predicted molar refractivity (Wildman–Crippen MR) is 91.3 cm³/mol. The van der Waals surface area contributed by atoms with Gasteiger partial charge in [0.25, 0.3) is 0 Å². The number of nitrogens with zero attached hydrogens (tertiary/aromatic N) is 3. The van der Waals surface area contributed by atoms with Crippen molar-refractivity contribution in [2.75, 3.05) is 24.3 Å². The van der Waals surface area contributed by atoms with Gasteiger partial charge in [0.1, 0.15) is 5.82 Å². The van der Waals surface area contributed by atoms with E-state index >= 15 is 0 Å². The van der Waals surface area contributed by atoms with E-state index in [2.05, 4.69) is 15.3 Å². The van der Waals surface area contributed by atoms with Gasteiger partial charge in [0, 0.05) is 31.9 Å². The second kappa shape index (κ2) is 5.98. The van der Waals surface area contributed by atoms with E-state index in [-0.39, 0.29) is 11.3 Å². The summed E-state index contributed by atoms with van der Waals surface area (Å²) in [5.74, 6) is 1.99. The Morgan fingerprint density at radius 2 is 1.91 bits per heavy atom. The minimum Gasteiger partial charge on any atom is -0.369 e. The Bertz CT molecular complexity index is 589. The van der Waals surface area contributed by atoms with Crippen LogP contribution in [0, 0.1) is 18.3 Å². The molecule has 3 rings (SSSR count). The van der Waals surface area contributed by atoms with E-state index in [4.69, 9.17) is 5.73 Å². The van der Waals surface area contributed by atoms with Crippen LogP contribution in [0.2, 0.25) is 0 Å². The Labute approximate surface area is 137 Å². The maximum Gasteiger partial charge on any atom is 0.225 e. The third-order valence-electron chi connectivity index (χ3n) is 5.42. The first-order chi connectivity index (χ1) is 10.9. The summed E-state index contributed by atoms with van der Waals surface area (Å²) in [4.78, 5) is 22.7. The molecule has 1 amide bonds. The standard InChI is InChI=1S/C17H27N5O/c1-11-10-14(22(2)3)21-16(19-11)20-13-6-4-12(5-7-13)17(8-9-17)15(18)23/h10,12-13H,4-9H2,1-3H3,(H2,18,23)(H,19,20,21). The van der Waals surface area contributed by atoms with E-state index in [0.29, 0.717) is 17.9 Å². The van der Waals surface area contributed by atoms with Crippen molar-refractivity contribution >= 4 is 17.7 Å². The number of carbonyl (C=O) groups is 1. The van der Waals surface area contributed by atoms with E-state index in [1.165, 1.54) is 0 Å². The van der Waals surface area contributed by atoms with Crippen LogP contribution in [0.5, 0.6) is 0 Å². The Morgan fingerprint density at radius 1 is 1.26 bits per heavy atom. The fraction of sp³-hybridized carbons (Fsp3) is 0.706. The van der Waals surface area contributed by atoms with E-state index in [0.717, 1.165) is 50.0 Å². The fourth-order valence-electron chi connectivity index (χ4n) is 3.81. The number of nitrogens with one attached hydrogen (secondary N) is 1. The van der Waals surface area contributed by atoms with Gasteiger partial charge in [0.15, 0.2) is 0 Å². The number of aromatic nitrogens is 2. The number of nitrogens with two attached hydrogens (primary N) is 1. The first-order valence-corrected chi connectivity index (χ1v) is 8.50. The average molecular weight is 317 g/mol. The number of primary amides is 1. The first-order valence-electron chi connectivity index (χ1n) is 8.50. The van der Waals surface area contributed by atoms with Crippen LogP contribution in [-0.4, -0.2) is 36.0 Å². The van der Waals surface area contributed by atoms with Gasteiger partial charge in [-0.3, -0.25) is 4.79 Å². The second-order valence-electron chi connectivity index (χ2n) is 7.30. The fourth-order valence-corrected chi connectivity index (χ4v) is 3.81. The molecule has 1 heterocycles. The highest BCUT2D eigenvalue weighted by molar-refractivity contribution is 5.84. The molecule has 3 N–H and O–H groups in total. The first kappa shape index (κ1) is 16.0. The van der Waals surface area contributed by atoms with Crippen molar-refractivity contribution in [2.45, 2.75) is 51.5 Å². The maximum atomic E-state index is 11.7. The molecule has 0 aromatic carbocycles. The van der Waals surface area contributed by atoms with Crippen LogP contribution in [0.3, 0.4) is 0 Å². The molecule has 2 saturated carbocycles. The highest BCUT2D eigenvalue weighted by Crippen LogP contribution is 2.56. The summed E-state index contributed by atoms with van der Waals surface area (Å²) in [6, 6.07) is 2.36. The van der Waals surface area contributed by atoms with Crippen molar-refractivity contribution in [3.05, 3.63) is 11.8 Å². The molecule has 1 aromatic rings. The van der Waals surface area contributed by atoms with Crippen molar-refractivity contribution < 1.29 is 4.79 Å². The molecule has 0 bridgehead atoms. The number of aryl methyl sites for hydroxylation is 1. The van der Waals surface area contributed by atoms with E-state index in [1.54, 1.807) is 0 Å². The van der Waals surface area contributed by atoms with Crippen LogP contribution >= 0.6 is 0 Å². The molecule has 2 aliphatic rings. The molecule has 1 aromatic heterocycles. The van der Waals surface area contributed by atoms with Crippen molar-refractivity contribution in [2.24, 2.45) is 17.1 Å². The molecular formula is C17H27N5O. The van der Waals surface area contributed by atoms with Gasteiger partial charge in [-0.2, -0.15) is 4.98 Å². The number of anilines is 2. The summed E-state index contributed by atoms with van der Waals surface area (Å²) < 4.78 is 0. The third kappa shape index (κ3) is 3.26. The van der Waals surface area contributed by atoms with E-state index < -0.39 is 0 Å². The lowest BCUT2D eigenvalue weighted by molar-refractivity contribution is -0.125. The molecular weight excluding hydrogens is 290 g/mol. The lowest BCUT2D eigenvalue weighted by Crippen LogP contribution is -2.36. The van der Waals surface area contributed by atoms with Crippen molar-refractivity contribution in [1.29, 1.82) is 0 Å². The van der Waals surface area contributed by atoms with Crippen LogP contribution in [0.1, 0.15) is 44.2 Å². The molecule has 6 nitrogen and oxygen atoms in total. The monoisotopic (exact) mass is 317 g/mol. The number of hydrogen-bond acceptors (Lipinski definition) is 5. The Balaban J connectivity index is 1.60. The molecule has 6 heteroatoms. The zero-order chi connectivity index (χ0) is 16.6. The summed E-state index contributed by atoms with van der Waals surface area (Å²) in [7, 11) is 3.96. The van der Waals surface area contributed by atoms with Crippen LogP contribution in [0.4, 0.5) is 11.8 Å². The molecule has 2 fully saturated rings. The van der Waals surface area contributed by atoms with Crippen molar-refractivity contribution in [1.82, 2.24) is 9.97 Å². The SMILES string of the molecule is Cc1cc(N(C)C)nc(NC2CCC(C3(C(N)=O)CC3)CC2)n1. The van der Waals surface area contributed by atoms with Gasteiger partial charge in [0.2, 0.25) is 11.9 Å². The van der Waals surface area contributed by atoms with Gasteiger partial charge in [0.05, 0.1) is 5.41 Å². The molecule has 23 heavy (non-hydrogen) atoms. The zero-order valence-corrected chi connectivity index (χ0v) is 14.3. The minimum atomic E-state index is -0.178. The predicted octanol–water partition coefficient (Wildman–Crippen LogP) is 2.09. The molecule has 0 saturated heterocycles. The van der Waals surface area contributed by atoms with Crippen LogP contribution in [-0.2, 0) is 4.79 Å². The van der Waals surface area contributed by atoms with Gasteiger partial charge in [-0.05, 0) is 51.4 Å². The van der Waals surface area contributed by atoms with E-state index in [9.17, 15) is 4.79 Å². The molecule has 126 valence electrons. The quantitative estimate of drug-likeness (QED) is 0.868. The Morgan fingerprint density at radius 3 is 2.43 bits per heavy atom. The Hall–Kier alpha value is -1.85. The van der Waals surface area contributed by atoms with Gasteiger partial charge in [-0.15, -0.1) is 0 Å². The normalized spacial score (nSPS) is 25.7. The molecule has 2 aliphatic carbocycles. The van der Waals surface area contributed by atoms with Gasteiger partial charge in [-0.25, -0.2) is 4.98 Å². The summed E-state index contributed by atoms with van der Waals surface area (Å²) in [5, 5.41) is 3.47. The second-order valence-corrected chi connectivity index (χ2v) is 7.30. The highest BCUT2D eigenvalue weighted by atomic mass is 16.1. The molecule has 0 unspecified atom stereocenters. The van der Waals surface area contributed by atoms with E-state index in [1.807, 2.05) is 32.0 Å². The van der Waals surface area contributed by atoms with Gasteiger partial charge < -0.3 is 16.0 Å². The molecule has 0 radical (unpaired) electrons. The maximum absolute atomic E-state index is 11.7. The lowest BCUT2D eigenvalue weighted by atomic mass is 9.75. The smallest absolute Gasteiger partial charge is 0.225 e. The van der Waals surface area contributed by atoms with Crippen LogP contribution < -0.4 is 16.0 Å².